The van der Waals surface area contributed by atoms with Crippen LogP contribution in [0.2, 0.25) is 0 Å². The largest absolute Gasteiger partial charge is 0.370 e. The first-order valence-electron chi connectivity index (χ1n) is 5.12. The van der Waals surface area contributed by atoms with Gasteiger partial charge in [-0.1, -0.05) is 30.3 Å². The summed E-state index contributed by atoms with van der Waals surface area (Å²) in [4.78, 5) is 10.6. The molecule has 0 aliphatic heterocycles. The molecule has 1 heterocycles. The lowest BCUT2D eigenvalue weighted by atomic mass is 10.1. The van der Waals surface area contributed by atoms with E-state index in [4.69, 9.17) is 5.73 Å². The lowest BCUT2D eigenvalue weighted by Crippen LogP contribution is -2.13. The summed E-state index contributed by atoms with van der Waals surface area (Å²) in [5.74, 6) is -0.309. The van der Waals surface area contributed by atoms with Gasteiger partial charge in [-0.3, -0.25) is 9.48 Å². The number of nitrogens with zero attached hydrogens (tertiary/aromatic N) is 2. The highest BCUT2D eigenvalue weighted by Crippen LogP contribution is 2.17. The smallest absolute Gasteiger partial charge is 0.219 e. The number of benzene rings is 1. The number of primary amides is 1. The molecule has 0 saturated heterocycles. The van der Waals surface area contributed by atoms with E-state index in [1.165, 1.54) is 0 Å². The Balaban J connectivity index is 2.11. The van der Waals surface area contributed by atoms with E-state index in [0.717, 1.165) is 11.1 Å². The van der Waals surface area contributed by atoms with Gasteiger partial charge in [0.25, 0.3) is 0 Å². The van der Waals surface area contributed by atoms with Crippen LogP contribution in [-0.4, -0.2) is 15.7 Å². The highest BCUT2D eigenvalue weighted by Gasteiger charge is 2.01. The number of hydrogen-bond donors (Lipinski definition) is 1. The molecule has 0 aliphatic carbocycles. The quantitative estimate of drug-likeness (QED) is 0.838. The van der Waals surface area contributed by atoms with E-state index >= 15 is 0 Å². The second-order valence-corrected chi connectivity index (χ2v) is 3.57. The lowest BCUT2D eigenvalue weighted by Gasteiger charge is -1.97. The maximum Gasteiger partial charge on any atom is 0.219 e. The highest BCUT2D eigenvalue weighted by molar-refractivity contribution is 5.73. The van der Waals surface area contributed by atoms with Crippen LogP contribution in [0.25, 0.3) is 11.1 Å². The minimum Gasteiger partial charge on any atom is -0.370 e. The van der Waals surface area contributed by atoms with Crippen molar-refractivity contribution in [3.05, 3.63) is 42.7 Å². The average molecular weight is 215 g/mol. The molecule has 0 atom stereocenters. The zero-order valence-electron chi connectivity index (χ0n) is 8.84. The first-order valence-corrected chi connectivity index (χ1v) is 5.12. The van der Waals surface area contributed by atoms with Crippen LogP contribution in [0.4, 0.5) is 0 Å². The van der Waals surface area contributed by atoms with Crippen molar-refractivity contribution in [2.45, 2.75) is 13.0 Å². The van der Waals surface area contributed by atoms with E-state index in [1.807, 2.05) is 36.5 Å². The van der Waals surface area contributed by atoms with Gasteiger partial charge in [-0.05, 0) is 5.56 Å². The van der Waals surface area contributed by atoms with Crippen LogP contribution in [-0.2, 0) is 11.3 Å². The predicted molar refractivity (Wildman–Crippen MR) is 61.5 cm³/mol. The Labute approximate surface area is 93.7 Å². The molecule has 1 aromatic heterocycles. The zero-order valence-corrected chi connectivity index (χ0v) is 8.84. The molecule has 0 saturated carbocycles. The fourth-order valence-corrected chi connectivity index (χ4v) is 1.49. The molecule has 82 valence electrons. The van der Waals surface area contributed by atoms with Gasteiger partial charge in [-0.2, -0.15) is 5.10 Å². The Morgan fingerprint density at radius 2 is 2.00 bits per heavy atom. The van der Waals surface area contributed by atoms with Crippen LogP contribution < -0.4 is 5.73 Å². The molecule has 1 aromatic carbocycles. The van der Waals surface area contributed by atoms with Gasteiger partial charge in [0, 0.05) is 24.7 Å². The van der Waals surface area contributed by atoms with Crippen molar-refractivity contribution in [3.63, 3.8) is 0 Å². The fraction of sp³-hybridized carbons (Fsp3) is 0.167. The summed E-state index contributed by atoms with van der Waals surface area (Å²) in [5.41, 5.74) is 7.24. The number of nitrogens with two attached hydrogens (primary N) is 1. The summed E-state index contributed by atoms with van der Waals surface area (Å²) in [6.07, 6.45) is 4.02. The first-order chi connectivity index (χ1) is 7.75. The molecule has 0 unspecified atom stereocenters. The molecule has 2 aromatic rings. The second-order valence-electron chi connectivity index (χ2n) is 3.57. The van der Waals surface area contributed by atoms with E-state index in [9.17, 15) is 4.79 Å². The van der Waals surface area contributed by atoms with E-state index in [1.54, 1.807) is 10.9 Å². The molecule has 16 heavy (non-hydrogen) atoms. The molecular formula is C12H13N3O. The van der Waals surface area contributed by atoms with Gasteiger partial charge in [0.2, 0.25) is 5.91 Å². The van der Waals surface area contributed by atoms with Crippen molar-refractivity contribution < 1.29 is 4.79 Å². The van der Waals surface area contributed by atoms with Gasteiger partial charge in [-0.25, -0.2) is 0 Å². The number of aromatic nitrogens is 2. The third kappa shape index (κ3) is 2.48. The molecule has 2 rings (SSSR count). The number of aryl methyl sites for hydroxylation is 1. The molecule has 0 aliphatic rings. The minimum absolute atomic E-state index is 0.309. The second kappa shape index (κ2) is 4.61. The van der Waals surface area contributed by atoms with Crippen molar-refractivity contribution in [2.24, 2.45) is 5.73 Å². The summed E-state index contributed by atoms with van der Waals surface area (Å²) >= 11 is 0. The van der Waals surface area contributed by atoms with Crippen molar-refractivity contribution in [2.75, 3.05) is 0 Å². The van der Waals surface area contributed by atoms with Crippen LogP contribution >= 0.6 is 0 Å². The van der Waals surface area contributed by atoms with Crippen molar-refractivity contribution in [3.8, 4) is 11.1 Å². The summed E-state index contributed by atoms with van der Waals surface area (Å²) in [6.45, 7) is 0.530. The number of amides is 1. The zero-order chi connectivity index (χ0) is 11.4. The normalized spacial score (nSPS) is 10.2. The minimum atomic E-state index is -0.309. The van der Waals surface area contributed by atoms with E-state index in [2.05, 4.69) is 5.10 Å². The molecule has 4 heteroatoms. The first kappa shape index (κ1) is 10.4. The van der Waals surface area contributed by atoms with E-state index in [0.29, 0.717) is 13.0 Å². The van der Waals surface area contributed by atoms with Gasteiger partial charge in [-0.15, -0.1) is 0 Å². The van der Waals surface area contributed by atoms with Gasteiger partial charge < -0.3 is 5.73 Å². The molecule has 0 fully saturated rings. The lowest BCUT2D eigenvalue weighted by molar-refractivity contribution is -0.118. The van der Waals surface area contributed by atoms with Crippen LogP contribution in [0.15, 0.2) is 42.7 Å². The highest BCUT2D eigenvalue weighted by atomic mass is 16.1. The Bertz CT molecular complexity index is 476. The SMILES string of the molecule is NC(=O)CCn1cc(-c2ccccc2)cn1. The number of carbonyl (C=O) groups excluding carboxylic acids is 1. The van der Waals surface area contributed by atoms with Gasteiger partial charge >= 0.3 is 0 Å². The summed E-state index contributed by atoms with van der Waals surface area (Å²) in [5, 5.41) is 4.17. The topological polar surface area (TPSA) is 60.9 Å². The van der Waals surface area contributed by atoms with Crippen molar-refractivity contribution >= 4 is 5.91 Å². The fourth-order valence-electron chi connectivity index (χ4n) is 1.49. The van der Waals surface area contributed by atoms with Gasteiger partial charge in [0.15, 0.2) is 0 Å². The number of hydrogen-bond acceptors (Lipinski definition) is 2. The van der Waals surface area contributed by atoms with Gasteiger partial charge in [0.1, 0.15) is 0 Å². The van der Waals surface area contributed by atoms with Crippen LogP contribution in [0.3, 0.4) is 0 Å². The average Bonchev–Trinajstić information content (AvgIpc) is 2.76. The third-order valence-corrected chi connectivity index (χ3v) is 2.33. The predicted octanol–water partition coefficient (Wildman–Crippen LogP) is 1.43. The molecule has 4 nitrogen and oxygen atoms in total. The standard InChI is InChI=1S/C12H13N3O/c13-12(16)6-7-15-9-11(8-14-15)10-4-2-1-3-5-10/h1-5,8-9H,6-7H2,(H2,13,16). The Morgan fingerprint density at radius 3 is 2.69 bits per heavy atom. The maximum atomic E-state index is 10.6. The monoisotopic (exact) mass is 215 g/mol. The Morgan fingerprint density at radius 1 is 1.25 bits per heavy atom. The molecule has 1 amide bonds. The van der Waals surface area contributed by atoms with Crippen LogP contribution in [0.5, 0.6) is 0 Å². The summed E-state index contributed by atoms with van der Waals surface area (Å²) in [7, 11) is 0. The summed E-state index contributed by atoms with van der Waals surface area (Å²) in [6, 6.07) is 9.98. The van der Waals surface area contributed by atoms with E-state index < -0.39 is 0 Å². The molecule has 2 N–H and O–H groups in total. The van der Waals surface area contributed by atoms with Crippen LogP contribution in [0.1, 0.15) is 6.42 Å². The van der Waals surface area contributed by atoms with Gasteiger partial charge in [0.05, 0.1) is 6.20 Å². The molecule has 0 spiro atoms. The van der Waals surface area contributed by atoms with E-state index in [-0.39, 0.29) is 5.91 Å². The Kier molecular flexibility index (Phi) is 3.00. The third-order valence-electron chi connectivity index (χ3n) is 2.33. The van der Waals surface area contributed by atoms with Crippen LogP contribution in [0, 0.1) is 0 Å². The maximum absolute atomic E-state index is 10.6. The number of carbonyl (C=O) groups is 1. The van der Waals surface area contributed by atoms with Crippen molar-refractivity contribution in [1.82, 2.24) is 9.78 Å². The molecule has 0 bridgehead atoms. The van der Waals surface area contributed by atoms with Crippen molar-refractivity contribution in [1.29, 1.82) is 0 Å². The Hall–Kier alpha value is -2.10. The molecule has 0 radical (unpaired) electrons. The molecular weight excluding hydrogens is 202 g/mol. The number of rotatable bonds is 4. The summed E-state index contributed by atoms with van der Waals surface area (Å²) < 4.78 is 1.73.